The van der Waals surface area contributed by atoms with Crippen molar-refractivity contribution in [2.45, 2.75) is 24.8 Å². The van der Waals surface area contributed by atoms with Crippen molar-refractivity contribution in [2.24, 2.45) is 5.16 Å². The fourth-order valence-corrected chi connectivity index (χ4v) is 4.84. The van der Waals surface area contributed by atoms with Crippen molar-refractivity contribution in [1.29, 1.82) is 0 Å². The van der Waals surface area contributed by atoms with Crippen molar-refractivity contribution in [3.63, 3.8) is 0 Å². The highest BCUT2D eigenvalue weighted by Gasteiger charge is 2.40. The van der Waals surface area contributed by atoms with Gasteiger partial charge >= 0.3 is 5.97 Å². The Bertz CT molecular complexity index is 1280. The number of ether oxygens (including phenoxy) is 1. The van der Waals surface area contributed by atoms with E-state index in [-0.39, 0.29) is 0 Å². The van der Waals surface area contributed by atoms with Gasteiger partial charge in [-0.1, -0.05) is 96.2 Å². The van der Waals surface area contributed by atoms with Crippen LogP contribution in [-0.2, 0) is 26.3 Å². The Morgan fingerprint density at radius 2 is 1.44 bits per heavy atom. The minimum absolute atomic E-state index is 0.495. The molecule has 0 saturated heterocycles. The molecule has 4 aromatic rings. The molecule has 0 spiro atoms. The highest BCUT2D eigenvalue weighted by atomic mass is 16.6. The summed E-state index contributed by atoms with van der Waals surface area (Å²) in [5.74, 6) is -0.495. The van der Waals surface area contributed by atoms with Crippen molar-refractivity contribution >= 4 is 11.7 Å². The molecule has 5 rings (SSSR count). The van der Waals surface area contributed by atoms with Crippen LogP contribution in [0.25, 0.3) is 0 Å². The van der Waals surface area contributed by atoms with E-state index in [0.717, 1.165) is 52.9 Å². The predicted molar refractivity (Wildman–Crippen MR) is 139 cm³/mol. The zero-order chi connectivity index (χ0) is 24.8. The van der Waals surface area contributed by atoms with E-state index < -0.39 is 11.5 Å². The smallest absolute Gasteiger partial charge is 0.333 e. The first-order valence-corrected chi connectivity index (χ1v) is 12.0. The van der Waals surface area contributed by atoms with Crippen LogP contribution in [0, 0.1) is 0 Å². The van der Waals surface area contributed by atoms with Crippen LogP contribution in [0.4, 0.5) is 0 Å². The van der Waals surface area contributed by atoms with E-state index >= 15 is 0 Å². The molecule has 0 fully saturated rings. The number of rotatable bonds is 7. The SMILES string of the molecule is COC(=O)C=CO/N=C1\CCCc2nn(C(c3ccccc3)(c3ccccc3)c3ccccc3)cc21. The Kier molecular flexibility index (Phi) is 6.76. The summed E-state index contributed by atoms with van der Waals surface area (Å²) in [6.45, 7) is 0. The first kappa shape index (κ1) is 23.3. The van der Waals surface area contributed by atoms with Gasteiger partial charge in [0.25, 0.3) is 0 Å². The molecule has 0 atom stereocenters. The molecule has 1 heterocycles. The topological polar surface area (TPSA) is 65.7 Å². The average molecular weight is 478 g/mol. The van der Waals surface area contributed by atoms with E-state index in [1.54, 1.807) is 0 Å². The number of aryl methyl sites for hydroxylation is 1. The number of carbonyl (C=O) groups is 1. The third-order valence-corrected chi connectivity index (χ3v) is 6.48. The summed E-state index contributed by atoms with van der Waals surface area (Å²) in [5, 5.41) is 9.47. The van der Waals surface area contributed by atoms with Gasteiger partial charge in [-0.15, -0.1) is 0 Å². The van der Waals surface area contributed by atoms with Crippen LogP contribution in [0.15, 0.2) is 115 Å². The van der Waals surface area contributed by atoms with Crippen LogP contribution in [0.3, 0.4) is 0 Å². The van der Waals surface area contributed by atoms with Crippen LogP contribution >= 0.6 is 0 Å². The summed E-state index contributed by atoms with van der Waals surface area (Å²) in [7, 11) is 1.32. The first-order valence-electron chi connectivity index (χ1n) is 12.0. The van der Waals surface area contributed by atoms with Crippen molar-refractivity contribution in [3.05, 3.63) is 137 Å². The van der Waals surface area contributed by atoms with Crippen molar-refractivity contribution < 1.29 is 14.4 Å². The molecular formula is C30H27N3O3. The predicted octanol–water partition coefficient (Wildman–Crippen LogP) is 5.47. The molecule has 0 N–H and O–H groups in total. The molecular weight excluding hydrogens is 450 g/mol. The van der Waals surface area contributed by atoms with Crippen LogP contribution in [0.2, 0.25) is 0 Å². The van der Waals surface area contributed by atoms with Crippen molar-refractivity contribution in [1.82, 2.24) is 9.78 Å². The molecule has 0 bridgehead atoms. The standard InChI is InChI=1S/C30H27N3O3/c1-35-29(34)20-21-36-32-28-19-11-18-27-26(28)22-33(31-27)30(23-12-5-2-6-13-23,24-14-7-3-8-15-24)25-16-9-4-10-17-25/h2-10,12-17,20-22H,11,18-19H2,1H3/b21-20?,32-28+. The van der Waals surface area contributed by atoms with Crippen molar-refractivity contribution in [3.8, 4) is 0 Å². The number of benzene rings is 3. The number of fused-ring (bicyclic) bond motifs is 1. The Morgan fingerprint density at radius 3 is 1.97 bits per heavy atom. The third-order valence-electron chi connectivity index (χ3n) is 6.48. The van der Waals surface area contributed by atoms with Crippen LogP contribution in [-0.4, -0.2) is 28.6 Å². The largest absolute Gasteiger partial charge is 0.466 e. The maximum absolute atomic E-state index is 11.3. The number of hydrogen-bond donors (Lipinski definition) is 0. The number of methoxy groups -OCH3 is 1. The zero-order valence-corrected chi connectivity index (χ0v) is 20.1. The monoisotopic (exact) mass is 477 g/mol. The summed E-state index contributed by atoms with van der Waals surface area (Å²) in [4.78, 5) is 16.6. The lowest BCUT2D eigenvalue weighted by molar-refractivity contribution is -0.135. The molecule has 180 valence electrons. The molecule has 3 aromatic carbocycles. The summed E-state index contributed by atoms with van der Waals surface area (Å²) < 4.78 is 6.67. The summed E-state index contributed by atoms with van der Waals surface area (Å²) in [6.07, 6.45) is 7.05. The molecule has 0 radical (unpaired) electrons. The molecule has 36 heavy (non-hydrogen) atoms. The van der Waals surface area contributed by atoms with Gasteiger partial charge in [0, 0.05) is 11.8 Å². The van der Waals surface area contributed by atoms with E-state index in [1.807, 2.05) is 18.2 Å². The maximum Gasteiger partial charge on any atom is 0.333 e. The van der Waals surface area contributed by atoms with E-state index in [4.69, 9.17) is 9.94 Å². The van der Waals surface area contributed by atoms with Crippen LogP contribution < -0.4 is 0 Å². The molecule has 1 aliphatic rings. The number of nitrogens with zero attached hydrogens (tertiary/aromatic N) is 3. The Balaban J connectivity index is 1.69. The summed E-state index contributed by atoms with van der Waals surface area (Å²) >= 11 is 0. The molecule has 6 heteroatoms. The number of hydrogen-bond acceptors (Lipinski definition) is 5. The van der Waals surface area contributed by atoms with Crippen molar-refractivity contribution in [2.75, 3.05) is 7.11 Å². The first-order chi connectivity index (χ1) is 17.7. The molecule has 6 nitrogen and oxygen atoms in total. The third kappa shape index (κ3) is 4.33. The van der Waals surface area contributed by atoms with Gasteiger partial charge in [0.05, 0.1) is 24.6 Å². The summed E-state index contributed by atoms with van der Waals surface area (Å²) in [6, 6.07) is 31.4. The van der Waals surface area contributed by atoms with Gasteiger partial charge in [-0.25, -0.2) is 4.79 Å². The van der Waals surface area contributed by atoms with Gasteiger partial charge in [-0.3, -0.25) is 4.68 Å². The molecule has 0 saturated carbocycles. The lowest BCUT2D eigenvalue weighted by Gasteiger charge is -2.36. The van der Waals surface area contributed by atoms with Gasteiger partial charge in [-0.2, -0.15) is 5.10 Å². The normalized spacial score (nSPS) is 14.5. The highest BCUT2D eigenvalue weighted by molar-refractivity contribution is 6.02. The van der Waals surface area contributed by atoms with E-state index in [0.29, 0.717) is 0 Å². The molecule has 1 aromatic heterocycles. The fraction of sp³-hybridized carbons (Fsp3) is 0.167. The Morgan fingerprint density at radius 1 is 0.889 bits per heavy atom. The average Bonchev–Trinajstić information content (AvgIpc) is 3.38. The van der Waals surface area contributed by atoms with Gasteiger partial charge in [0.15, 0.2) is 0 Å². The molecule has 0 aliphatic heterocycles. The Hall–Kier alpha value is -4.45. The summed E-state index contributed by atoms with van der Waals surface area (Å²) in [5.41, 5.74) is 5.39. The quantitative estimate of drug-likeness (QED) is 0.116. The van der Waals surface area contributed by atoms with E-state index in [2.05, 4.69) is 93.6 Å². The second-order valence-electron chi connectivity index (χ2n) is 8.57. The highest BCUT2D eigenvalue weighted by Crippen LogP contribution is 2.41. The lowest BCUT2D eigenvalue weighted by atomic mass is 9.77. The minimum Gasteiger partial charge on any atom is -0.466 e. The van der Waals surface area contributed by atoms with Gasteiger partial charge < -0.3 is 9.57 Å². The zero-order valence-electron chi connectivity index (χ0n) is 20.1. The molecule has 0 unspecified atom stereocenters. The Labute approximate surface area is 210 Å². The van der Waals surface area contributed by atoms with Gasteiger partial charge in [-0.05, 0) is 36.0 Å². The van der Waals surface area contributed by atoms with Crippen LogP contribution in [0.1, 0.15) is 40.8 Å². The number of aromatic nitrogens is 2. The fourth-order valence-electron chi connectivity index (χ4n) is 4.84. The van der Waals surface area contributed by atoms with Gasteiger partial charge in [0.2, 0.25) is 0 Å². The van der Waals surface area contributed by atoms with E-state index in [1.165, 1.54) is 19.4 Å². The minimum atomic E-state index is -0.683. The molecule has 0 amide bonds. The number of carbonyl (C=O) groups excluding carboxylic acids is 1. The second-order valence-corrected chi connectivity index (χ2v) is 8.57. The van der Waals surface area contributed by atoms with E-state index in [9.17, 15) is 4.79 Å². The lowest BCUT2D eigenvalue weighted by Crippen LogP contribution is -2.38. The number of oxime groups is 1. The second kappa shape index (κ2) is 10.4. The van der Waals surface area contributed by atoms with Gasteiger partial charge in [0.1, 0.15) is 11.8 Å². The van der Waals surface area contributed by atoms with Crippen LogP contribution in [0.5, 0.6) is 0 Å². The molecule has 1 aliphatic carbocycles. The maximum atomic E-state index is 11.3. The number of esters is 1.